The minimum absolute atomic E-state index is 0.100. The molecule has 0 bridgehead atoms. The summed E-state index contributed by atoms with van der Waals surface area (Å²) in [6.45, 7) is 0. The summed E-state index contributed by atoms with van der Waals surface area (Å²) in [4.78, 5) is 4.06. The van der Waals surface area contributed by atoms with Gasteiger partial charge in [-0.25, -0.2) is 10.9 Å². The molecule has 25 heavy (non-hydrogen) atoms. The number of nitriles is 1. The molecule has 0 aliphatic carbocycles. The van der Waals surface area contributed by atoms with Crippen LogP contribution in [-0.4, -0.2) is 16.3 Å². The van der Waals surface area contributed by atoms with Crippen LogP contribution < -0.4 is 16.6 Å². The SMILES string of the molecule is N#CC1=C(N)OC2NNC(c3ccncc3)C2C1c1cccc(O)c1. The molecule has 4 atom stereocenters. The van der Waals surface area contributed by atoms with E-state index in [1.165, 1.54) is 0 Å². The standard InChI is InChI=1S/C18H17N5O2/c19-9-13-14(11-2-1-3-12(24)8-11)15-16(10-4-6-21-7-5-10)22-23-18(15)25-17(13)20/h1-8,14-16,18,22-24H,20H2. The van der Waals surface area contributed by atoms with Crippen LogP contribution in [-0.2, 0) is 4.74 Å². The third-order valence-corrected chi connectivity index (χ3v) is 4.75. The highest BCUT2D eigenvalue weighted by molar-refractivity contribution is 5.44. The maximum absolute atomic E-state index is 9.89. The third kappa shape index (κ3) is 2.58. The average molecular weight is 335 g/mol. The average Bonchev–Trinajstić information content (AvgIpc) is 3.04. The van der Waals surface area contributed by atoms with Gasteiger partial charge >= 0.3 is 0 Å². The summed E-state index contributed by atoms with van der Waals surface area (Å²) < 4.78 is 5.73. The number of ether oxygens (including phenoxy) is 1. The molecule has 1 saturated heterocycles. The second-order valence-electron chi connectivity index (χ2n) is 6.13. The van der Waals surface area contributed by atoms with Gasteiger partial charge in [0.2, 0.25) is 5.88 Å². The first-order chi connectivity index (χ1) is 12.2. The summed E-state index contributed by atoms with van der Waals surface area (Å²) in [6.07, 6.45) is 3.07. The first-order valence-electron chi connectivity index (χ1n) is 7.95. The second kappa shape index (κ2) is 6.09. The third-order valence-electron chi connectivity index (χ3n) is 4.75. The van der Waals surface area contributed by atoms with Crippen LogP contribution in [0.25, 0.3) is 0 Å². The molecule has 0 spiro atoms. The van der Waals surface area contributed by atoms with Crippen molar-refractivity contribution in [2.24, 2.45) is 11.7 Å². The van der Waals surface area contributed by atoms with Crippen LogP contribution in [0.15, 0.2) is 60.2 Å². The molecule has 7 nitrogen and oxygen atoms in total. The Hall–Kier alpha value is -3.08. The van der Waals surface area contributed by atoms with Gasteiger partial charge in [0, 0.05) is 24.2 Å². The minimum atomic E-state index is -0.386. The number of allylic oxidation sites excluding steroid dienone is 1. The molecule has 1 fully saturated rings. The van der Waals surface area contributed by atoms with Crippen LogP contribution in [0.3, 0.4) is 0 Å². The van der Waals surface area contributed by atoms with Gasteiger partial charge in [-0.15, -0.1) is 0 Å². The van der Waals surface area contributed by atoms with Crippen LogP contribution in [0.2, 0.25) is 0 Å². The Kier molecular flexibility index (Phi) is 3.76. The highest BCUT2D eigenvalue weighted by atomic mass is 16.5. The van der Waals surface area contributed by atoms with E-state index in [1.54, 1.807) is 30.6 Å². The van der Waals surface area contributed by atoms with Gasteiger partial charge in [-0.2, -0.15) is 5.26 Å². The zero-order valence-corrected chi connectivity index (χ0v) is 13.3. The number of benzene rings is 1. The van der Waals surface area contributed by atoms with E-state index in [-0.39, 0.29) is 35.7 Å². The number of phenolic OH excluding ortho intramolecular Hbond substituents is 1. The van der Waals surface area contributed by atoms with Crippen LogP contribution in [0.1, 0.15) is 23.1 Å². The quantitative estimate of drug-likeness (QED) is 0.655. The molecule has 126 valence electrons. The van der Waals surface area contributed by atoms with E-state index in [9.17, 15) is 10.4 Å². The van der Waals surface area contributed by atoms with E-state index < -0.39 is 0 Å². The molecule has 1 aromatic carbocycles. The monoisotopic (exact) mass is 335 g/mol. The molecule has 0 radical (unpaired) electrons. The zero-order chi connectivity index (χ0) is 17.4. The van der Waals surface area contributed by atoms with Crippen molar-refractivity contribution >= 4 is 0 Å². The number of nitrogens with zero attached hydrogens (tertiary/aromatic N) is 2. The van der Waals surface area contributed by atoms with E-state index in [1.807, 2.05) is 18.2 Å². The van der Waals surface area contributed by atoms with Gasteiger partial charge < -0.3 is 15.6 Å². The van der Waals surface area contributed by atoms with Crippen molar-refractivity contribution in [2.75, 3.05) is 0 Å². The van der Waals surface area contributed by atoms with Gasteiger partial charge in [0.1, 0.15) is 11.8 Å². The lowest BCUT2D eigenvalue weighted by molar-refractivity contribution is 0.0340. The lowest BCUT2D eigenvalue weighted by Gasteiger charge is -2.35. The van der Waals surface area contributed by atoms with Crippen LogP contribution in [0.4, 0.5) is 0 Å². The Morgan fingerprint density at radius 1 is 1.16 bits per heavy atom. The Bertz CT molecular complexity index is 861. The van der Waals surface area contributed by atoms with Gasteiger partial charge in [0.25, 0.3) is 0 Å². The molecule has 4 rings (SSSR count). The van der Waals surface area contributed by atoms with Crippen molar-refractivity contribution < 1.29 is 9.84 Å². The van der Waals surface area contributed by atoms with Crippen molar-refractivity contribution in [3.05, 3.63) is 71.4 Å². The molecule has 2 aromatic rings. The van der Waals surface area contributed by atoms with Gasteiger partial charge in [0.15, 0.2) is 6.23 Å². The molecule has 2 aliphatic heterocycles. The number of fused-ring (bicyclic) bond motifs is 1. The predicted molar refractivity (Wildman–Crippen MR) is 89.3 cm³/mol. The number of hydrazine groups is 1. The molecular weight excluding hydrogens is 318 g/mol. The van der Waals surface area contributed by atoms with Gasteiger partial charge in [-0.1, -0.05) is 12.1 Å². The maximum atomic E-state index is 9.89. The van der Waals surface area contributed by atoms with E-state index in [0.29, 0.717) is 5.57 Å². The highest BCUT2D eigenvalue weighted by Gasteiger charge is 2.49. The molecule has 0 saturated carbocycles. The summed E-state index contributed by atoms with van der Waals surface area (Å²) in [7, 11) is 0. The van der Waals surface area contributed by atoms with Crippen molar-refractivity contribution in [1.82, 2.24) is 15.8 Å². The van der Waals surface area contributed by atoms with Crippen molar-refractivity contribution in [2.45, 2.75) is 18.2 Å². The topological polar surface area (TPSA) is 116 Å². The first-order valence-corrected chi connectivity index (χ1v) is 7.95. The fourth-order valence-corrected chi connectivity index (χ4v) is 3.67. The van der Waals surface area contributed by atoms with E-state index in [4.69, 9.17) is 10.5 Å². The summed E-state index contributed by atoms with van der Waals surface area (Å²) in [6, 6.07) is 12.9. The number of aromatic nitrogens is 1. The number of hydrogen-bond acceptors (Lipinski definition) is 7. The molecule has 3 heterocycles. The van der Waals surface area contributed by atoms with Crippen molar-refractivity contribution in [3.8, 4) is 11.8 Å². The number of nitrogens with two attached hydrogens (primary N) is 1. The van der Waals surface area contributed by atoms with E-state index in [2.05, 4.69) is 21.9 Å². The van der Waals surface area contributed by atoms with Crippen LogP contribution in [0, 0.1) is 17.2 Å². The second-order valence-corrected chi connectivity index (χ2v) is 6.13. The smallest absolute Gasteiger partial charge is 0.200 e. The number of rotatable bonds is 2. The fourth-order valence-electron chi connectivity index (χ4n) is 3.67. The number of phenols is 1. The Morgan fingerprint density at radius 2 is 1.96 bits per heavy atom. The molecular formula is C18H17N5O2. The fraction of sp³-hybridized carbons (Fsp3) is 0.222. The highest BCUT2D eigenvalue weighted by Crippen LogP contribution is 2.47. The summed E-state index contributed by atoms with van der Waals surface area (Å²) >= 11 is 0. The summed E-state index contributed by atoms with van der Waals surface area (Å²) in [5.74, 6) is -0.166. The molecule has 7 heteroatoms. The first kappa shape index (κ1) is 15.4. The van der Waals surface area contributed by atoms with Gasteiger partial charge in [-0.05, 0) is 35.4 Å². The summed E-state index contributed by atoms with van der Waals surface area (Å²) in [5, 5.41) is 19.5. The van der Waals surface area contributed by atoms with Gasteiger partial charge in [-0.3, -0.25) is 4.98 Å². The van der Waals surface area contributed by atoms with Crippen LogP contribution >= 0.6 is 0 Å². The molecule has 1 aromatic heterocycles. The van der Waals surface area contributed by atoms with Crippen molar-refractivity contribution in [3.63, 3.8) is 0 Å². The number of hydrogen-bond donors (Lipinski definition) is 4. The minimum Gasteiger partial charge on any atom is -0.508 e. The van der Waals surface area contributed by atoms with E-state index in [0.717, 1.165) is 11.1 Å². The van der Waals surface area contributed by atoms with E-state index >= 15 is 0 Å². The molecule has 0 amide bonds. The van der Waals surface area contributed by atoms with Crippen molar-refractivity contribution in [1.29, 1.82) is 5.26 Å². The number of pyridine rings is 1. The normalized spacial score (nSPS) is 28.1. The number of aromatic hydroxyl groups is 1. The zero-order valence-electron chi connectivity index (χ0n) is 13.3. The summed E-state index contributed by atoms with van der Waals surface area (Å²) in [5.41, 5.74) is 14.6. The molecule has 5 N–H and O–H groups in total. The van der Waals surface area contributed by atoms with Crippen LogP contribution in [0.5, 0.6) is 5.75 Å². The Balaban J connectivity index is 1.84. The molecule has 2 aliphatic rings. The predicted octanol–water partition coefficient (Wildman–Crippen LogP) is 1.39. The lowest BCUT2D eigenvalue weighted by atomic mass is 9.74. The Labute approximate surface area is 144 Å². The Morgan fingerprint density at radius 3 is 2.68 bits per heavy atom. The molecule has 4 unspecified atom stereocenters. The number of nitrogens with one attached hydrogen (secondary N) is 2. The lowest BCUT2D eigenvalue weighted by Crippen LogP contribution is -2.40. The van der Waals surface area contributed by atoms with Gasteiger partial charge in [0.05, 0.1) is 11.6 Å². The maximum Gasteiger partial charge on any atom is 0.200 e. The largest absolute Gasteiger partial charge is 0.508 e.